The third-order valence-electron chi connectivity index (χ3n) is 3.77. The molecule has 184 valence electrons. The highest BCUT2D eigenvalue weighted by molar-refractivity contribution is 5.97. The summed E-state index contributed by atoms with van der Waals surface area (Å²) in [6.45, 7) is 0. The number of hydrogen-bond acceptors (Lipinski definition) is 9. The first kappa shape index (κ1) is 28.7. The largest absolute Gasteiger partial charge is 0.481 e. The molecule has 0 aromatic carbocycles. The topological polar surface area (TPSA) is 306 Å². The van der Waals surface area contributed by atoms with Gasteiger partial charge in [0.05, 0.1) is 31.7 Å². The van der Waals surface area contributed by atoms with E-state index in [0.717, 1.165) is 0 Å². The Kier molecular flexibility index (Phi) is 11.5. The number of carbonyl (C=O) groups excluding carboxylic acids is 4. The fraction of sp³-hybridized carbons (Fsp3) is 0.500. The van der Waals surface area contributed by atoms with Crippen molar-refractivity contribution in [1.29, 1.82) is 0 Å². The predicted octanol–water partition coefficient (Wildman–Crippen LogP) is -4.85. The van der Waals surface area contributed by atoms with Crippen molar-refractivity contribution in [3.05, 3.63) is 0 Å². The zero-order valence-electron chi connectivity index (χ0n) is 16.8. The zero-order valence-corrected chi connectivity index (χ0v) is 16.8. The van der Waals surface area contributed by atoms with Crippen LogP contribution in [0.5, 0.6) is 0 Å². The van der Waals surface area contributed by atoms with E-state index in [1.54, 1.807) is 0 Å². The molecule has 0 heterocycles. The zero-order chi connectivity index (χ0) is 25.9. The van der Waals surface area contributed by atoms with Crippen LogP contribution in [0.1, 0.15) is 25.7 Å². The summed E-state index contributed by atoms with van der Waals surface area (Å²) in [5, 5.41) is 41.1. The molecule has 0 aromatic heterocycles. The summed E-state index contributed by atoms with van der Waals surface area (Å²) >= 11 is 0. The quantitative estimate of drug-likeness (QED) is 0.107. The van der Waals surface area contributed by atoms with Crippen LogP contribution in [0.4, 0.5) is 0 Å². The van der Waals surface area contributed by atoms with Crippen LogP contribution in [-0.2, 0) is 38.4 Å². The molecule has 0 aromatic rings. The van der Waals surface area contributed by atoms with Crippen molar-refractivity contribution in [2.45, 2.75) is 49.9 Å². The number of nitrogens with one attached hydrogen (secondary N) is 3. The molecule has 0 saturated carbocycles. The summed E-state index contributed by atoms with van der Waals surface area (Å²) in [5.74, 6) is -11.4. The minimum Gasteiger partial charge on any atom is -0.481 e. The van der Waals surface area contributed by atoms with Gasteiger partial charge in [-0.3, -0.25) is 33.6 Å². The predicted molar refractivity (Wildman–Crippen MR) is 102 cm³/mol. The first-order chi connectivity index (χ1) is 15.1. The lowest BCUT2D eigenvalue weighted by Gasteiger charge is -2.23. The SMILES string of the molecule is NC(=O)CC(NC(=O)C(CC(=O)O)NC(=O)C(CC(=O)O)NC(=O)C(N)CC(=O)O)C(=O)O. The Balaban J connectivity index is 5.58. The number of nitrogens with two attached hydrogens (primary N) is 2. The van der Waals surface area contributed by atoms with Gasteiger partial charge in [0.2, 0.25) is 23.6 Å². The van der Waals surface area contributed by atoms with E-state index in [4.69, 9.17) is 31.9 Å². The monoisotopic (exact) mass is 477 g/mol. The van der Waals surface area contributed by atoms with Gasteiger partial charge in [-0.15, -0.1) is 0 Å². The van der Waals surface area contributed by atoms with Crippen molar-refractivity contribution in [2.24, 2.45) is 11.5 Å². The van der Waals surface area contributed by atoms with Crippen molar-refractivity contribution in [2.75, 3.05) is 0 Å². The molecule has 17 nitrogen and oxygen atoms in total. The highest BCUT2D eigenvalue weighted by atomic mass is 16.4. The fourth-order valence-corrected chi connectivity index (χ4v) is 2.27. The van der Waals surface area contributed by atoms with E-state index in [2.05, 4.69) is 0 Å². The van der Waals surface area contributed by atoms with Gasteiger partial charge in [0.1, 0.15) is 18.1 Å². The minimum absolute atomic E-state index is 0.853. The number of carbonyl (C=O) groups is 8. The van der Waals surface area contributed by atoms with Crippen LogP contribution in [0.25, 0.3) is 0 Å². The van der Waals surface area contributed by atoms with Crippen LogP contribution in [0, 0.1) is 0 Å². The Morgan fingerprint density at radius 3 is 1.27 bits per heavy atom. The van der Waals surface area contributed by atoms with Gasteiger partial charge in [0, 0.05) is 0 Å². The van der Waals surface area contributed by atoms with Crippen LogP contribution in [-0.4, -0.2) is 92.1 Å². The minimum atomic E-state index is -1.95. The Morgan fingerprint density at radius 1 is 0.576 bits per heavy atom. The van der Waals surface area contributed by atoms with Gasteiger partial charge in [0.25, 0.3) is 0 Å². The van der Waals surface area contributed by atoms with Gasteiger partial charge in [-0.2, -0.15) is 0 Å². The van der Waals surface area contributed by atoms with Crippen LogP contribution in [0.2, 0.25) is 0 Å². The van der Waals surface area contributed by atoms with E-state index in [0.29, 0.717) is 0 Å². The summed E-state index contributed by atoms with van der Waals surface area (Å²) in [6, 6.07) is -7.37. The third kappa shape index (κ3) is 11.6. The average Bonchev–Trinajstić information content (AvgIpc) is 2.64. The lowest BCUT2D eigenvalue weighted by atomic mass is 10.1. The van der Waals surface area contributed by atoms with E-state index in [1.165, 1.54) is 0 Å². The van der Waals surface area contributed by atoms with Gasteiger partial charge in [-0.05, 0) is 0 Å². The average molecular weight is 477 g/mol. The summed E-state index contributed by atoms with van der Waals surface area (Å²) in [7, 11) is 0. The van der Waals surface area contributed by atoms with Crippen molar-refractivity contribution >= 4 is 47.5 Å². The molecular weight excluding hydrogens is 454 g/mol. The Labute approximate surface area is 184 Å². The van der Waals surface area contributed by atoms with Crippen LogP contribution >= 0.6 is 0 Å². The maximum Gasteiger partial charge on any atom is 0.326 e. The van der Waals surface area contributed by atoms with E-state index in [1.807, 2.05) is 16.0 Å². The summed E-state index contributed by atoms with van der Waals surface area (Å²) in [4.78, 5) is 91.5. The van der Waals surface area contributed by atoms with Crippen molar-refractivity contribution in [3.63, 3.8) is 0 Å². The molecule has 33 heavy (non-hydrogen) atoms. The van der Waals surface area contributed by atoms with Gasteiger partial charge < -0.3 is 47.8 Å². The fourth-order valence-electron chi connectivity index (χ4n) is 2.27. The highest BCUT2D eigenvalue weighted by Crippen LogP contribution is 2.02. The lowest BCUT2D eigenvalue weighted by Crippen LogP contribution is -2.58. The molecule has 4 atom stereocenters. The number of carboxylic acid groups (broad SMARTS) is 4. The summed E-state index contributed by atoms with van der Waals surface area (Å²) < 4.78 is 0. The molecule has 0 saturated heterocycles. The first-order valence-corrected chi connectivity index (χ1v) is 8.97. The first-order valence-electron chi connectivity index (χ1n) is 8.97. The second-order valence-corrected chi connectivity index (χ2v) is 6.59. The Bertz CT molecular complexity index is 829. The number of primary amides is 1. The normalized spacial score (nSPS) is 14.0. The standard InChI is InChI=1S/C16H23N5O12/c17-5(1-10(23)24)13(29)19-6(3-11(25)26)14(30)20-7(4-12(27)28)15(31)21-8(16(32)33)2-9(18)22/h5-8H,1-4,17H2,(H2,18,22)(H,19,29)(H,20,30)(H,21,31)(H,23,24)(H,25,26)(H,27,28)(H,32,33). The maximum atomic E-state index is 12.4. The molecule has 4 unspecified atom stereocenters. The molecule has 0 aliphatic heterocycles. The maximum absolute atomic E-state index is 12.4. The number of amides is 4. The van der Waals surface area contributed by atoms with E-state index in [9.17, 15) is 38.4 Å². The third-order valence-corrected chi connectivity index (χ3v) is 3.77. The lowest BCUT2D eigenvalue weighted by molar-refractivity contribution is -0.145. The molecule has 0 spiro atoms. The van der Waals surface area contributed by atoms with Gasteiger partial charge >= 0.3 is 23.9 Å². The Hall–Kier alpha value is -4.28. The highest BCUT2D eigenvalue weighted by Gasteiger charge is 2.33. The van der Waals surface area contributed by atoms with E-state index >= 15 is 0 Å². The molecule has 0 aliphatic rings. The molecule has 0 rings (SSSR count). The second-order valence-electron chi connectivity index (χ2n) is 6.59. The van der Waals surface area contributed by atoms with E-state index in [-0.39, 0.29) is 0 Å². The van der Waals surface area contributed by atoms with Crippen molar-refractivity contribution in [1.82, 2.24) is 16.0 Å². The molecule has 4 amide bonds. The molecule has 0 radical (unpaired) electrons. The van der Waals surface area contributed by atoms with E-state index < -0.39 is 97.4 Å². The Morgan fingerprint density at radius 2 is 0.939 bits per heavy atom. The van der Waals surface area contributed by atoms with Crippen LogP contribution < -0.4 is 27.4 Å². The van der Waals surface area contributed by atoms with Crippen molar-refractivity contribution in [3.8, 4) is 0 Å². The molecule has 0 fully saturated rings. The summed E-state index contributed by atoms with van der Waals surface area (Å²) in [5.41, 5.74) is 10.2. The van der Waals surface area contributed by atoms with Crippen LogP contribution in [0.15, 0.2) is 0 Å². The number of rotatable bonds is 15. The smallest absolute Gasteiger partial charge is 0.326 e. The molecular formula is C16H23N5O12. The van der Waals surface area contributed by atoms with Crippen molar-refractivity contribution < 1.29 is 58.8 Å². The van der Waals surface area contributed by atoms with Gasteiger partial charge in [0.15, 0.2) is 0 Å². The molecule has 0 aliphatic carbocycles. The molecule has 0 bridgehead atoms. The van der Waals surface area contributed by atoms with Gasteiger partial charge in [-0.1, -0.05) is 0 Å². The number of aliphatic carboxylic acids is 4. The second kappa shape index (κ2) is 13.2. The molecule has 17 heteroatoms. The van der Waals surface area contributed by atoms with Gasteiger partial charge in [-0.25, -0.2) is 4.79 Å². The molecule has 11 N–H and O–H groups in total. The number of hydrogen-bond donors (Lipinski definition) is 9. The number of carboxylic acids is 4. The summed E-state index contributed by atoms with van der Waals surface area (Å²) in [6.07, 6.45) is -3.85. The van der Waals surface area contributed by atoms with Crippen LogP contribution in [0.3, 0.4) is 0 Å².